The normalized spacial score (nSPS) is 15.7. The highest BCUT2D eigenvalue weighted by Gasteiger charge is 2.27. The Balaban J connectivity index is 3.23. The van der Waals surface area contributed by atoms with Gasteiger partial charge in [0.25, 0.3) is 0 Å². The molecular weight excluding hydrogens is 260 g/mol. The van der Waals surface area contributed by atoms with Crippen molar-refractivity contribution in [1.82, 2.24) is 0 Å². The van der Waals surface area contributed by atoms with E-state index in [0.717, 1.165) is 18.2 Å². The van der Waals surface area contributed by atoms with Crippen molar-refractivity contribution in [3.05, 3.63) is 24.0 Å². The molecule has 0 radical (unpaired) electrons. The molecule has 0 saturated heterocycles. The van der Waals surface area contributed by atoms with Crippen molar-refractivity contribution in [2.45, 2.75) is 4.90 Å². The zero-order valence-corrected chi connectivity index (χ0v) is 9.83. The molecule has 0 spiro atoms. The Bertz CT molecular complexity index is 552. The molecule has 0 saturated carbocycles. The lowest BCUT2D eigenvalue weighted by Crippen LogP contribution is -2.07. The van der Waals surface area contributed by atoms with Gasteiger partial charge in [0.05, 0.1) is 0 Å². The predicted molar refractivity (Wildman–Crippen MR) is 54.8 cm³/mol. The first-order valence-electron chi connectivity index (χ1n) is 3.93. The predicted octanol–water partition coefficient (Wildman–Crippen LogP) is 0.928. The largest absolute Gasteiger partial charge is 0.399 e. The van der Waals surface area contributed by atoms with Gasteiger partial charge in [-0.15, -0.1) is 0 Å². The van der Waals surface area contributed by atoms with E-state index in [1.54, 1.807) is 0 Å². The van der Waals surface area contributed by atoms with Gasteiger partial charge >= 0.3 is 17.7 Å². The molecule has 16 heavy (non-hydrogen) atoms. The first-order chi connectivity index (χ1) is 7.12. The molecule has 0 heterocycles. The van der Waals surface area contributed by atoms with Crippen molar-refractivity contribution in [2.75, 3.05) is 12.4 Å². The average molecular weight is 269 g/mol. The molecule has 90 valence electrons. The Hall–Kier alpha value is -0.950. The summed E-state index contributed by atoms with van der Waals surface area (Å²) in [5, 5.41) is 0. The molecule has 1 rings (SSSR count). The molecule has 0 aliphatic carbocycles. The molecule has 1 unspecified atom stereocenters. The van der Waals surface area contributed by atoms with Crippen LogP contribution in [-0.2, 0) is 18.7 Å². The Morgan fingerprint density at radius 3 is 2.50 bits per heavy atom. The van der Waals surface area contributed by atoms with E-state index in [1.165, 1.54) is 0 Å². The Morgan fingerprint density at radius 2 is 2.06 bits per heavy atom. The molecule has 0 aromatic heterocycles. The van der Waals surface area contributed by atoms with Crippen molar-refractivity contribution in [3.63, 3.8) is 0 Å². The van der Waals surface area contributed by atoms with Crippen LogP contribution in [0.25, 0.3) is 0 Å². The van der Waals surface area contributed by atoms with E-state index >= 15 is 0 Å². The summed E-state index contributed by atoms with van der Waals surface area (Å²) in [6.07, 6.45) is 0. The number of halogens is 1. The minimum absolute atomic E-state index is 0.0279. The zero-order valence-electron chi connectivity index (χ0n) is 8.12. The third-order valence-electron chi connectivity index (χ3n) is 1.46. The van der Waals surface area contributed by atoms with E-state index in [-0.39, 0.29) is 5.69 Å². The third kappa shape index (κ3) is 3.28. The summed E-state index contributed by atoms with van der Waals surface area (Å²) < 4.78 is 50.6. The third-order valence-corrected chi connectivity index (χ3v) is 4.22. The Morgan fingerprint density at radius 1 is 1.50 bits per heavy atom. The van der Waals surface area contributed by atoms with Crippen LogP contribution in [0.3, 0.4) is 0 Å². The van der Waals surface area contributed by atoms with Gasteiger partial charge in [0, 0.05) is 12.4 Å². The van der Waals surface area contributed by atoms with Crippen LogP contribution in [0.15, 0.2) is 23.1 Å². The summed E-state index contributed by atoms with van der Waals surface area (Å²) in [6.45, 7) is 0.680. The molecule has 1 aromatic rings. The van der Waals surface area contributed by atoms with Gasteiger partial charge < -0.3 is 10.6 Å². The Kier molecular flexibility index (Phi) is 3.39. The van der Waals surface area contributed by atoms with Crippen LogP contribution in [0.4, 0.5) is 10.1 Å². The number of anilines is 1. The lowest BCUT2D eigenvalue weighted by atomic mass is 10.3. The fourth-order valence-corrected chi connectivity index (χ4v) is 3.25. The highest BCUT2D eigenvalue weighted by atomic mass is 32.2. The molecule has 9 heteroatoms. The smallest absolute Gasteiger partial charge is 0.339 e. The molecule has 0 bridgehead atoms. The van der Waals surface area contributed by atoms with Gasteiger partial charge in [-0.05, 0) is 18.2 Å². The monoisotopic (exact) mass is 269 g/mol. The van der Waals surface area contributed by atoms with E-state index in [2.05, 4.69) is 3.97 Å². The molecule has 3 N–H and O–H groups in total. The van der Waals surface area contributed by atoms with Gasteiger partial charge in [-0.2, -0.15) is 12.4 Å². The highest BCUT2D eigenvalue weighted by molar-refractivity contribution is 7.91. The zero-order chi connectivity index (χ0) is 12.6. The second-order valence-corrected chi connectivity index (χ2v) is 6.57. The maximum atomic E-state index is 13.2. The van der Waals surface area contributed by atoms with Gasteiger partial charge in [0.1, 0.15) is 10.7 Å². The molecule has 0 amide bonds. The quantitative estimate of drug-likeness (QED) is 0.624. The topological polar surface area (TPSA) is 107 Å². The summed E-state index contributed by atoms with van der Waals surface area (Å²) in [5.74, 6) is -1.14. The highest BCUT2D eigenvalue weighted by Crippen LogP contribution is 2.41. The lowest BCUT2D eigenvalue weighted by molar-refractivity contribution is 0.382. The van der Waals surface area contributed by atoms with Crippen molar-refractivity contribution < 1.29 is 26.2 Å². The first-order valence-corrected chi connectivity index (χ1v) is 7.37. The number of hydrogen-bond donors (Lipinski definition) is 2. The lowest BCUT2D eigenvalue weighted by Gasteiger charge is -2.08. The minimum Gasteiger partial charge on any atom is -0.399 e. The van der Waals surface area contributed by atoms with Crippen LogP contribution >= 0.6 is 7.60 Å². The van der Waals surface area contributed by atoms with Gasteiger partial charge in [0.2, 0.25) is 0 Å². The summed E-state index contributed by atoms with van der Waals surface area (Å²) in [5.41, 5.74) is 5.25. The summed E-state index contributed by atoms with van der Waals surface area (Å²) in [4.78, 5) is 7.93. The van der Waals surface area contributed by atoms with Crippen molar-refractivity contribution >= 4 is 23.4 Å². The molecule has 1 aromatic carbocycles. The van der Waals surface area contributed by atoms with E-state index in [1.807, 2.05) is 0 Å². The molecule has 0 fully saturated rings. The van der Waals surface area contributed by atoms with Gasteiger partial charge in [-0.1, -0.05) is 0 Å². The van der Waals surface area contributed by atoms with E-state index < -0.39 is 28.4 Å². The molecular formula is C7H9FNO5PS. The average Bonchev–Trinajstić information content (AvgIpc) is 1.97. The number of nitrogens with two attached hydrogens (primary N) is 1. The van der Waals surface area contributed by atoms with Gasteiger partial charge in [-0.3, -0.25) is 4.57 Å². The van der Waals surface area contributed by atoms with Crippen LogP contribution in [-0.4, -0.2) is 20.0 Å². The summed E-state index contributed by atoms with van der Waals surface area (Å²) in [7, 11) is -8.88. The summed E-state index contributed by atoms with van der Waals surface area (Å²) >= 11 is 0. The second-order valence-electron chi connectivity index (χ2n) is 3.02. The summed E-state index contributed by atoms with van der Waals surface area (Å²) in [6, 6.07) is 2.77. The number of hydrogen-bond acceptors (Lipinski definition) is 5. The minimum atomic E-state index is -4.61. The standard InChI is InChI=1S/C7H9FNO5PS/c1-15(10,11)14-16(12,13)7-3-2-5(9)4-6(7)8/h2-4H,9H2,1H3,(H,10,11). The van der Waals surface area contributed by atoms with E-state index in [4.69, 9.17) is 10.6 Å². The van der Waals surface area contributed by atoms with Crippen molar-refractivity contribution in [3.8, 4) is 0 Å². The number of benzene rings is 1. The van der Waals surface area contributed by atoms with Crippen LogP contribution in [0.2, 0.25) is 0 Å². The fraction of sp³-hybridized carbons (Fsp3) is 0.143. The van der Waals surface area contributed by atoms with Gasteiger partial charge in [-0.25, -0.2) is 4.39 Å². The van der Waals surface area contributed by atoms with Crippen LogP contribution < -0.4 is 5.73 Å². The van der Waals surface area contributed by atoms with Crippen LogP contribution in [0.1, 0.15) is 0 Å². The first kappa shape index (κ1) is 13.1. The van der Waals surface area contributed by atoms with Crippen LogP contribution in [0, 0.1) is 5.82 Å². The Labute approximate surface area is 91.5 Å². The fourth-order valence-electron chi connectivity index (χ4n) is 0.942. The number of nitrogen functional groups attached to an aromatic ring is 1. The maximum Gasteiger partial charge on any atom is 0.339 e. The van der Waals surface area contributed by atoms with Crippen LogP contribution in [0.5, 0.6) is 0 Å². The van der Waals surface area contributed by atoms with E-state index in [9.17, 15) is 17.4 Å². The van der Waals surface area contributed by atoms with Gasteiger partial charge in [0.15, 0.2) is 0 Å². The SMILES string of the molecule is CP(=O)(O)OS(=O)(=O)c1ccc(N)cc1F. The van der Waals surface area contributed by atoms with E-state index in [0.29, 0.717) is 6.66 Å². The van der Waals surface area contributed by atoms with Crippen molar-refractivity contribution in [2.24, 2.45) is 0 Å². The van der Waals surface area contributed by atoms with Crippen molar-refractivity contribution in [1.29, 1.82) is 0 Å². The molecule has 0 aliphatic rings. The second kappa shape index (κ2) is 4.14. The molecule has 6 nitrogen and oxygen atoms in total. The number of rotatable bonds is 3. The maximum absolute atomic E-state index is 13.2. The molecule has 1 atom stereocenters. The molecule has 0 aliphatic heterocycles.